The van der Waals surface area contributed by atoms with Crippen molar-refractivity contribution in [2.24, 2.45) is 5.92 Å². The predicted molar refractivity (Wildman–Crippen MR) is 127 cm³/mol. The maximum atomic E-state index is 13.0. The number of fused-ring (bicyclic) bond motifs is 1. The van der Waals surface area contributed by atoms with E-state index in [2.05, 4.69) is 4.72 Å². The topological polar surface area (TPSA) is 66.5 Å². The molecule has 1 fully saturated rings. The molecule has 0 aromatic heterocycles. The highest BCUT2D eigenvalue weighted by Gasteiger charge is 2.35. The number of amides is 1. The van der Waals surface area contributed by atoms with Gasteiger partial charge in [0.25, 0.3) is 10.0 Å². The van der Waals surface area contributed by atoms with Crippen molar-refractivity contribution in [2.45, 2.75) is 37.5 Å². The first-order valence-electron chi connectivity index (χ1n) is 11.0. The van der Waals surface area contributed by atoms with Gasteiger partial charge >= 0.3 is 0 Å². The first-order chi connectivity index (χ1) is 15.4. The summed E-state index contributed by atoms with van der Waals surface area (Å²) in [6.45, 7) is 2.73. The number of nitrogens with one attached hydrogen (secondary N) is 1. The summed E-state index contributed by atoms with van der Waals surface area (Å²) < 4.78 is 28.7. The Hall–Kier alpha value is -3.12. The van der Waals surface area contributed by atoms with Gasteiger partial charge in [-0.05, 0) is 73.6 Å². The number of nitrogens with zero attached hydrogens (tertiary/aromatic N) is 1. The van der Waals surface area contributed by atoms with E-state index in [1.54, 1.807) is 24.3 Å². The molecular formula is C26H26N2O3S. The Bertz CT molecular complexity index is 1260. The molecule has 0 radical (unpaired) electrons. The lowest BCUT2D eigenvalue weighted by atomic mass is 10.0. The first-order valence-corrected chi connectivity index (χ1v) is 12.5. The normalized spacial score (nSPS) is 15.8. The summed E-state index contributed by atoms with van der Waals surface area (Å²) in [6, 6.07) is 20.5. The second kappa shape index (κ2) is 8.10. The van der Waals surface area contributed by atoms with Crippen LogP contribution in [-0.2, 0) is 21.2 Å². The molecule has 1 saturated carbocycles. The van der Waals surface area contributed by atoms with E-state index in [0.717, 1.165) is 48.1 Å². The number of sulfonamides is 1. The monoisotopic (exact) mass is 446 g/mol. The van der Waals surface area contributed by atoms with Crippen molar-refractivity contribution in [3.05, 3.63) is 77.9 Å². The molecule has 0 saturated heterocycles. The SMILES string of the molecule is Cc1ccc(-c2ccc(S(=O)(=O)Nc3ccc4c(c3)N(C(=O)C3CC3)CCC4)cc2)cc1. The number of benzene rings is 3. The van der Waals surface area contributed by atoms with Crippen molar-refractivity contribution in [1.29, 1.82) is 0 Å². The number of carbonyl (C=O) groups excluding carboxylic acids is 1. The van der Waals surface area contributed by atoms with E-state index in [9.17, 15) is 13.2 Å². The molecule has 164 valence electrons. The Kier molecular flexibility index (Phi) is 5.25. The van der Waals surface area contributed by atoms with E-state index in [-0.39, 0.29) is 16.7 Å². The molecule has 1 amide bonds. The van der Waals surface area contributed by atoms with E-state index in [4.69, 9.17) is 0 Å². The quantitative estimate of drug-likeness (QED) is 0.589. The molecule has 0 unspecified atom stereocenters. The maximum absolute atomic E-state index is 13.0. The Morgan fingerprint density at radius 2 is 1.59 bits per heavy atom. The van der Waals surface area contributed by atoms with Crippen LogP contribution in [0, 0.1) is 12.8 Å². The van der Waals surface area contributed by atoms with Gasteiger partial charge in [0.1, 0.15) is 0 Å². The number of anilines is 2. The smallest absolute Gasteiger partial charge is 0.261 e. The zero-order valence-electron chi connectivity index (χ0n) is 18.0. The van der Waals surface area contributed by atoms with Gasteiger partial charge < -0.3 is 4.90 Å². The molecule has 0 atom stereocenters. The molecule has 1 aliphatic heterocycles. The van der Waals surface area contributed by atoms with Gasteiger partial charge in [0.2, 0.25) is 5.91 Å². The number of rotatable bonds is 5. The van der Waals surface area contributed by atoms with Crippen molar-refractivity contribution < 1.29 is 13.2 Å². The van der Waals surface area contributed by atoms with Crippen LogP contribution in [0.2, 0.25) is 0 Å². The van der Waals surface area contributed by atoms with Crippen molar-refractivity contribution in [1.82, 2.24) is 0 Å². The molecule has 0 bridgehead atoms. The van der Waals surface area contributed by atoms with E-state index in [0.29, 0.717) is 12.2 Å². The van der Waals surface area contributed by atoms with Crippen LogP contribution in [0.15, 0.2) is 71.6 Å². The molecule has 6 heteroatoms. The molecule has 1 aliphatic carbocycles. The van der Waals surface area contributed by atoms with Gasteiger partial charge in [-0.3, -0.25) is 9.52 Å². The van der Waals surface area contributed by atoms with Gasteiger partial charge in [0.05, 0.1) is 10.6 Å². The lowest BCUT2D eigenvalue weighted by Crippen LogP contribution is -2.36. The average Bonchev–Trinajstić information content (AvgIpc) is 3.64. The highest BCUT2D eigenvalue weighted by Crippen LogP contribution is 2.37. The van der Waals surface area contributed by atoms with Crippen LogP contribution in [-0.4, -0.2) is 20.9 Å². The number of hydrogen-bond donors (Lipinski definition) is 1. The Labute approximate surface area is 189 Å². The Morgan fingerprint density at radius 3 is 2.25 bits per heavy atom. The molecule has 2 aliphatic rings. The number of carbonyl (C=O) groups is 1. The van der Waals surface area contributed by atoms with E-state index >= 15 is 0 Å². The van der Waals surface area contributed by atoms with Crippen molar-refractivity contribution in [2.75, 3.05) is 16.2 Å². The highest BCUT2D eigenvalue weighted by atomic mass is 32.2. The third-order valence-corrected chi connectivity index (χ3v) is 7.60. The van der Waals surface area contributed by atoms with Crippen LogP contribution in [0.3, 0.4) is 0 Å². The van der Waals surface area contributed by atoms with E-state index in [1.807, 2.05) is 54.3 Å². The fourth-order valence-electron chi connectivity index (χ4n) is 4.20. The molecular weight excluding hydrogens is 420 g/mol. The summed E-state index contributed by atoms with van der Waals surface area (Å²) in [5, 5.41) is 0. The zero-order valence-corrected chi connectivity index (χ0v) is 18.9. The second-order valence-electron chi connectivity index (χ2n) is 8.71. The van der Waals surface area contributed by atoms with Gasteiger partial charge in [-0.2, -0.15) is 0 Å². The maximum Gasteiger partial charge on any atom is 0.261 e. The lowest BCUT2D eigenvalue weighted by molar-refractivity contribution is -0.119. The zero-order chi connectivity index (χ0) is 22.3. The molecule has 5 nitrogen and oxygen atoms in total. The summed E-state index contributed by atoms with van der Waals surface area (Å²) in [7, 11) is -3.74. The molecule has 5 rings (SSSR count). The van der Waals surface area contributed by atoms with Crippen LogP contribution in [0.1, 0.15) is 30.4 Å². The van der Waals surface area contributed by atoms with E-state index < -0.39 is 10.0 Å². The standard InChI is InChI=1S/C26H26N2O3S/c1-18-4-6-19(7-5-18)20-11-14-24(15-12-20)32(30,31)27-23-13-10-21-3-2-16-28(25(21)17-23)26(29)22-8-9-22/h4-7,10-15,17,22,27H,2-3,8-9,16H2,1H3. The van der Waals surface area contributed by atoms with Gasteiger partial charge in [0.15, 0.2) is 0 Å². The van der Waals surface area contributed by atoms with Crippen LogP contribution in [0.25, 0.3) is 11.1 Å². The Morgan fingerprint density at radius 1 is 0.938 bits per heavy atom. The summed E-state index contributed by atoms with van der Waals surface area (Å²) >= 11 is 0. The third-order valence-electron chi connectivity index (χ3n) is 6.20. The van der Waals surface area contributed by atoms with Gasteiger partial charge in [-0.1, -0.05) is 48.0 Å². The fraction of sp³-hybridized carbons (Fsp3) is 0.269. The predicted octanol–water partition coefficient (Wildman–Crippen LogP) is 5.15. The van der Waals surface area contributed by atoms with Crippen LogP contribution < -0.4 is 9.62 Å². The molecule has 1 N–H and O–H groups in total. The van der Waals surface area contributed by atoms with Gasteiger partial charge in [0, 0.05) is 18.2 Å². The summed E-state index contributed by atoms with van der Waals surface area (Å²) in [6.07, 6.45) is 3.74. The summed E-state index contributed by atoms with van der Waals surface area (Å²) in [5.41, 5.74) is 5.59. The number of aryl methyl sites for hydroxylation is 2. The van der Waals surface area contributed by atoms with Crippen molar-refractivity contribution >= 4 is 27.3 Å². The van der Waals surface area contributed by atoms with Crippen LogP contribution in [0.5, 0.6) is 0 Å². The molecule has 32 heavy (non-hydrogen) atoms. The summed E-state index contributed by atoms with van der Waals surface area (Å²) in [5.74, 6) is 0.297. The highest BCUT2D eigenvalue weighted by molar-refractivity contribution is 7.92. The average molecular weight is 447 g/mol. The first kappa shape index (κ1) is 20.8. The third kappa shape index (κ3) is 4.15. The molecule has 0 spiro atoms. The van der Waals surface area contributed by atoms with E-state index in [1.165, 1.54) is 5.56 Å². The van der Waals surface area contributed by atoms with Gasteiger partial charge in [-0.25, -0.2) is 8.42 Å². The van der Waals surface area contributed by atoms with Crippen molar-refractivity contribution in [3.8, 4) is 11.1 Å². The minimum absolute atomic E-state index is 0.133. The molecule has 3 aromatic carbocycles. The minimum Gasteiger partial charge on any atom is -0.312 e. The van der Waals surface area contributed by atoms with Gasteiger partial charge in [-0.15, -0.1) is 0 Å². The second-order valence-corrected chi connectivity index (χ2v) is 10.4. The molecule has 3 aromatic rings. The number of hydrogen-bond acceptors (Lipinski definition) is 3. The molecule has 1 heterocycles. The summed E-state index contributed by atoms with van der Waals surface area (Å²) in [4.78, 5) is 14.7. The fourth-order valence-corrected chi connectivity index (χ4v) is 5.25. The lowest BCUT2D eigenvalue weighted by Gasteiger charge is -2.30. The largest absolute Gasteiger partial charge is 0.312 e. The Balaban J connectivity index is 1.38. The minimum atomic E-state index is -3.74. The van der Waals surface area contributed by atoms with Crippen LogP contribution in [0.4, 0.5) is 11.4 Å². The van der Waals surface area contributed by atoms with Crippen molar-refractivity contribution in [3.63, 3.8) is 0 Å². The van der Waals surface area contributed by atoms with Crippen LogP contribution >= 0.6 is 0 Å².